The summed E-state index contributed by atoms with van der Waals surface area (Å²) < 4.78 is 32.1. The average molecular weight is 324 g/mol. The van der Waals surface area contributed by atoms with Gasteiger partial charge in [-0.25, -0.2) is 0 Å². The Morgan fingerprint density at radius 1 is 1.21 bits per heavy atom. The number of aromatic hydroxyl groups is 1. The predicted molar refractivity (Wildman–Crippen MR) is 93.0 cm³/mol. The van der Waals surface area contributed by atoms with Crippen LogP contribution in [0.4, 0.5) is 8.63 Å². The van der Waals surface area contributed by atoms with Crippen LogP contribution in [0.2, 0.25) is 0 Å². The first-order valence-electron chi connectivity index (χ1n) is 7.70. The molecule has 1 N–H and O–H groups in total. The predicted octanol–water partition coefficient (Wildman–Crippen LogP) is 3.90. The quantitative estimate of drug-likeness (QED) is 0.834. The van der Waals surface area contributed by atoms with Crippen molar-refractivity contribution in [2.45, 2.75) is 6.92 Å². The van der Waals surface area contributed by atoms with Gasteiger partial charge in [0.15, 0.2) is 5.70 Å². The van der Waals surface area contributed by atoms with Crippen molar-refractivity contribution in [2.24, 2.45) is 0 Å². The molecule has 4 rings (SSSR count). The molecule has 2 aliphatic rings. The summed E-state index contributed by atoms with van der Waals surface area (Å²) in [5, 5.41) is 9.51. The molecule has 120 valence electrons. The number of allylic oxidation sites excluding steroid dienone is 2. The van der Waals surface area contributed by atoms with Crippen molar-refractivity contribution in [3.63, 3.8) is 0 Å². The van der Waals surface area contributed by atoms with Crippen LogP contribution in [-0.4, -0.2) is 27.3 Å². The van der Waals surface area contributed by atoms with E-state index in [1.54, 1.807) is 54.6 Å². The first-order valence-corrected chi connectivity index (χ1v) is 7.70. The molecule has 3 heterocycles. The largest absolute Gasteiger partial charge is 0.737 e. The molecule has 0 aliphatic carbocycles. The van der Waals surface area contributed by atoms with Crippen LogP contribution >= 0.6 is 0 Å². The molecule has 1 aromatic heterocycles. The third kappa shape index (κ3) is 2.14. The fraction of sp³-hybridized carbons (Fsp3) is 0.0556. The lowest BCUT2D eigenvalue weighted by atomic mass is 9.91. The molecule has 24 heavy (non-hydrogen) atoms. The molecule has 0 atom stereocenters. The Kier molecular flexibility index (Phi) is 3.10. The highest BCUT2D eigenvalue weighted by Gasteiger charge is 2.50. The number of aryl methyl sites for hydroxylation is 1. The van der Waals surface area contributed by atoms with Crippen LogP contribution in [0.15, 0.2) is 48.2 Å². The monoisotopic (exact) mass is 324 g/mol. The van der Waals surface area contributed by atoms with Crippen LogP contribution < -0.4 is 0 Å². The number of aromatic nitrogens is 1. The molecular formula is C18H15BF2N2O. The Hall–Kier alpha value is -2.89. The van der Waals surface area contributed by atoms with Crippen molar-refractivity contribution in [3.05, 3.63) is 70.7 Å². The van der Waals surface area contributed by atoms with Crippen LogP contribution in [0.3, 0.4) is 0 Å². The first-order chi connectivity index (χ1) is 11.5. The zero-order valence-electron chi connectivity index (χ0n) is 13.0. The number of phenols is 1. The summed E-state index contributed by atoms with van der Waals surface area (Å²) in [6.45, 7) is -2.09. The van der Waals surface area contributed by atoms with E-state index in [0.717, 1.165) is 20.1 Å². The van der Waals surface area contributed by atoms with Crippen molar-refractivity contribution in [1.82, 2.24) is 4.48 Å². The Balaban J connectivity index is 1.82. The molecule has 1 aromatic carbocycles. The second-order valence-corrected chi connectivity index (χ2v) is 6.01. The lowest BCUT2D eigenvalue weighted by molar-refractivity contribution is -0.355. The molecule has 0 saturated heterocycles. The summed E-state index contributed by atoms with van der Waals surface area (Å²) in [6.07, 6.45) is 9.88. The summed E-state index contributed by atoms with van der Waals surface area (Å²) in [4.78, 5) is 0. The van der Waals surface area contributed by atoms with E-state index in [1.807, 2.05) is 13.0 Å². The van der Waals surface area contributed by atoms with Crippen molar-refractivity contribution < 1.29 is 18.2 Å². The third-order valence-corrected chi connectivity index (χ3v) is 4.36. The van der Waals surface area contributed by atoms with Crippen LogP contribution in [-0.2, 0) is 0 Å². The van der Waals surface area contributed by atoms with E-state index >= 15 is 0 Å². The summed E-state index contributed by atoms with van der Waals surface area (Å²) in [5.41, 5.74) is 3.03. The van der Waals surface area contributed by atoms with Gasteiger partial charge in [0.05, 0.1) is 0 Å². The molecule has 0 bridgehead atoms. The van der Waals surface area contributed by atoms with Gasteiger partial charge in [-0.2, -0.15) is 0 Å². The molecule has 0 unspecified atom stereocenters. The molecule has 3 nitrogen and oxygen atoms in total. The van der Waals surface area contributed by atoms with E-state index in [0.29, 0.717) is 17.1 Å². The zero-order valence-corrected chi connectivity index (χ0v) is 13.0. The molecule has 0 spiro atoms. The number of hydrogen-bond donors (Lipinski definition) is 1. The fourth-order valence-corrected chi connectivity index (χ4v) is 3.24. The highest BCUT2D eigenvalue weighted by Crippen LogP contribution is 2.33. The van der Waals surface area contributed by atoms with Gasteiger partial charge < -0.3 is 22.7 Å². The Labute approximate surface area is 138 Å². The summed E-state index contributed by atoms with van der Waals surface area (Å²) >= 11 is 0. The molecule has 2 aliphatic heterocycles. The van der Waals surface area contributed by atoms with E-state index < -0.39 is 6.97 Å². The minimum atomic E-state index is -3.93. The van der Waals surface area contributed by atoms with Gasteiger partial charge in [-0.1, -0.05) is 18.2 Å². The van der Waals surface area contributed by atoms with Crippen LogP contribution in [0.5, 0.6) is 5.75 Å². The third-order valence-electron chi connectivity index (χ3n) is 4.36. The second-order valence-electron chi connectivity index (χ2n) is 6.01. The van der Waals surface area contributed by atoms with Crippen molar-refractivity contribution >= 4 is 31.4 Å². The minimum absolute atomic E-state index is 0.144. The molecule has 0 radical (unpaired) electrons. The standard InChI is InChI=1S/C18H15BF2N2O/c1-13-10-16(8-7-14-4-2-6-17(24)11-14)23-18(13)12-15-5-3-9-22(15)19(23,20)21/h2-12,24H,1H3/b8-7+. The molecule has 0 amide bonds. The molecular weight excluding hydrogens is 309 g/mol. The highest BCUT2D eigenvalue weighted by molar-refractivity contribution is 6.58. The van der Waals surface area contributed by atoms with Crippen molar-refractivity contribution in [2.75, 3.05) is 0 Å². The fourth-order valence-electron chi connectivity index (χ4n) is 3.24. The maximum absolute atomic E-state index is 15.0. The van der Waals surface area contributed by atoms with Gasteiger partial charge in [0.2, 0.25) is 0 Å². The van der Waals surface area contributed by atoms with E-state index in [-0.39, 0.29) is 5.75 Å². The van der Waals surface area contributed by atoms with Gasteiger partial charge in [0.25, 0.3) is 0 Å². The summed E-state index contributed by atoms with van der Waals surface area (Å²) in [7, 11) is 0. The lowest BCUT2D eigenvalue weighted by Gasteiger charge is -2.29. The normalized spacial score (nSPS) is 17.6. The van der Waals surface area contributed by atoms with Gasteiger partial charge in [-0.15, -0.1) is 0 Å². The van der Waals surface area contributed by atoms with Crippen molar-refractivity contribution in [1.29, 1.82) is 0 Å². The molecule has 2 aromatic rings. The number of nitrogens with zero attached hydrogens (tertiary/aromatic N) is 2. The van der Waals surface area contributed by atoms with Gasteiger partial charge in [0.1, 0.15) is 12.0 Å². The Morgan fingerprint density at radius 2 is 2.04 bits per heavy atom. The molecule has 0 saturated carbocycles. The van der Waals surface area contributed by atoms with Gasteiger partial charge >= 0.3 is 6.97 Å². The number of hydrogen-bond acceptors (Lipinski definition) is 1. The first kappa shape index (κ1) is 14.7. The maximum atomic E-state index is 15.0. The van der Waals surface area contributed by atoms with Crippen LogP contribution in [0.1, 0.15) is 22.5 Å². The van der Waals surface area contributed by atoms with Gasteiger partial charge in [-0.3, -0.25) is 0 Å². The minimum Gasteiger partial charge on any atom is -0.508 e. The Bertz CT molecular complexity index is 967. The van der Waals surface area contributed by atoms with Gasteiger partial charge in [-0.05, 0) is 42.3 Å². The smallest absolute Gasteiger partial charge is 0.508 e. The van der Waals surface area contributed by atoms with Gasteiger partial charge in [0, 0.05) is 29.6 Å². The van der Waals surface area contributed by atoms with Crippen molar-refractivity contribution in [3.8, 4) is 5.75 Å². The van der Waals surface area contributed by atoms with E-state index in [4.69, 9.17) is 0 Å². The number of fused-ring (bicyclic) bond motifs is 2. The van der Waals surface area contributed by atoms with E-state index in [9.17, 15) is 13.7 Å². The highest BCUT2D eigenvalue weighted by atomic mass is 19.2. The zero-order chi connectivity index (χ0) is 16.9. The summed E-state index contributed by atoms with van der Waals surface area (Å²) in [5.74, 6) is 0.144. The van der Waals surface area contributed by atoms with E-state index in [2.05, 4.69) is 0 Å². The van der Waals surface area contributed by atoms with E-state index in [1.165, 1.54) is 6.21 Å². The summed E-state index contributed by atoms with van der Waals surface area (Å²) in [6, 6.07) is 8.44. The molecule has 6 heteroatoms. The SMILES string of the molecule is Cc1cc(/C=C/c2cccc(O)c2)n2c1C=C1C=CC=[N+]1[B-]2(F)F. The Morgan fingerprint density at radius 3 is 2.83 bits per heavy atom. The lowest BCUT2D eigenvalue weighted by Crippen LogP contribution is -2.49. The number of halogens is 2. The maximum Gasteiger partial charge on any atom is 0.737 e. The second kappa shape index (κ2) is 5.06. The number of phenolic OH excluding ortho intramolecular Hbond substituents is 1. The number of rotatable bonds is 2. The topological polar surface area (TPSA) is 28.2 Å². The number of benzene rings is 1. The molecule has 0 fully saturated rings. The van der Waals surface area contributed by atoms with Crippen LogP contribution in [0, 0.1) is 6.92 Å². The van der Waals surface area contributed by atoms with Crippen LogP contribution in [0.25, 0.3) is 18.2 Å². The average Bonchev–Trinajstić information content (AvgIpc) is 3.12.